The van der Waals surface area contributed by atoms with Gasteiger partial charge in [-0.15, -0.1) is 0 Å². The fourth-order valence-electron chi connectivity index (χ4n) is 6.66. The number of hydrogen-bond donors (Lipinski definition) is 1. The van der Waals surface area contributed by atoms with E-state index in [-0.39, 0.29) is 16.6 Å². The van der Waals surface area contributed by atoms with Crippen molar-refractivity contribution in [2.24, 2.45) is 22.7 Å². The molecule has 0 radical (unpaired) electrons. The monoisotopic (exact) mass is 402 g/mol. The Kier molecular flexibility index (Phi) is 4.89. The molecule has 4 aliphatic rings. The molecule has 0 aromatic carbocycles. The zero-order chi connectivity index (χ0) is 20.5. The number of hydrogen-bond acceptors (Lipinski definition) is 2. The average Bonchev–Trinajstić information content (AvgIpc) is 2.91. The van der Waals surface area contributed by atoms with E-state index in [4.69, 9.17) is 4.43 Å². The number of rotatable bonds is 2. The molecule has 4 rings (SSSR count). The Morgan fingerprint density at radius 3 is 2.39 bits per heavy atom. The largest absolute Gasteiger partial charge is 0.413 e. The third kappa shape index (κ3) is 3.03. The first-order valence-corrected chi connectivity index (χ1v) is 14.6. The molecule has 0 spiro atoms. The first-order chi connectivity index (χ1) is 12.9. The van der Waals surface area contributed by atoms with E-state index in [1.54, 1.807) is 11.1 Å². The molecular formula is C25H42O2Si. The highest BCUT2D eigenvalue weighted by atomic mass is 28.4. The van der Waals surface area contributed by atoms with E-state index in [1.165, 1.54) is 19.3 Å². The third-order valence-corrected chi connectivity index (χ3v) is 14.1. The van der Waals surface area contributed by atoms with Gasteiger partial charge in [-0.1, -0.05) is 57.9 Å². The molecule has 4 aliphatic carbocycles. The van der Waals surface area contributed by atoms with Gasteiger partial charge in [-0.05, 0) is 80.3 Å². The van der Waals surface area contributed by atoms with Crippen molar-refractivity contribution in [1.29, 1.82) is 0 Å². The molecule has 1 N–H and O–H groups in total. The molecule has 6 atom stereocenters. The zero-order valence-corrected chi connectivity index (χ0v) is 20.3. The van der Waals surface area contributed by atoms with Crippen LogP contribution < -0.4 is 0 Å². The van der Waals surface area contributed by atoms with Gasteiger partial charge in [0.05, 0.1) is 12.2 Å². The quantitative estimate of drug-likeness (QED) is 0.415. The Balaban J connectivity index is 1.59. The van der Waals surface area contributed by atoms with Crippen molar-refractivity contribution in [1.82, 2.24) is 0 Å². The van der Waals surface area contributed by atoms with Crippen LogP contribution in [0.15, 0.2) is 23.3 Å². The average molecular weight is 403 g/mol. The molecule has 2 nitrogen and oxygen atoms in total. The Morgan fingerprint density at radius 1 is 1.04 bits per heavy atom. The van der Waals surface area contributed by atoms with Crippen molar-refractivity contribution in [2.45, 2.75) is 110 Å². The van der Waals surface area contributed by atoms with Crippen LogP contribution in [0.3, 0.4) is 0 Å². The summed E-state index contributed by atoms with van der Waals surface area (Å²) in [5, 5.41) is 10.5. The Hall–Kier alpha value is -0.383. The summed E-state index contributed by atoms with van der Waals surface area (Å²) < 4.78 is 7.00. The molecule has 2 saturated carbocycles. The molecule has 28 heavy (non-hydrogen) atoms. The van der Waals surface area contributed by atoms with Gasteiger partial charge in [0.15, 0.2) is 8.32 Å². The van der Waals surface area contributed by atoms with Crippen LogP contribution in [0.4, 0.5) is 0 Å². The SMILES string of the molecule is CC(C)(C)[Si](C)(C)O[C@H]1CC=C2[C@@H]3CC=C4C[C@@H](O)CC[C@]4(C)[C@@H]3CC[C@@]21C. The predicted octanol–water partition coefficient (Wildman–Crippen LogP) is 6.62. The molecule has 0 amide bonds. The number of aliphatic hydroxyl groups is 1. The Bertz CT molecular complexity index is 700. The topological polar surface area (TPSA) is 29.5 Å². The summed E-state index contributed by atoms with van der Waals surface area (Å²) in [5.74, 6) is 1.45. The molecule has 0 aromatic rings. The minimum atomic E-state index is -1.76. The maximum absolute atomic E-state index is 10.2. The molecule has 0 unspecified atom stereocenters. The lowest BCUT2D eigenvalue weighted by Crippen LogP contribution is -2.51. The van der Waals surface area contributed by atoms with Gasteiger partial charge in [0.1, 0.15) is 0 Å². The van der Waals surface area contributed by atoms with E-state index >= 15 is 0 Å². The van der Waals surface area contributed by atoms with Gasteiger partial charge >= 0.3 is 0 Å². The third-order valence-electron chi connectivity index (χ3n) is 9.65. The highest BCUT2D eigenvalue weighted by molar-refractivity contribution is 6.74. The Morgan fingerprint density at radius 2 is 1.71 bits per heavy atom. The molecule has 0 aromatic heterocycles. The zero-order valence-electron chi connectivity index (χ0n) is 19.3. The minimum absolute atomic E-state index is 0.113. The van der Waals surface area contributed by atoms with Crippen LogP contribution >= 0.6 is 0 Å². The van der Waals surface area contributed by atoms with Crippen molar-refractivity contribution >= 4 is 8.32 Å². The van der Waals surface area contributed by atoms with Crippen molar-refractivity contribution in [2.75, 3.05) is 0 Å². The van der Waals surface area contributed by atoms with E-state index in [1.807, 2.05) is 0 Å². The highest BCUT2D eigenvalue weighted by Gasteiger charge is 2.57. The first-order valence-electron chi connectivity index (χ1n) is 11.6. The van der Waals surface area contributed by atoms with Crippen molar-refractivity contribution in [3.63, 3.8) is 0 Å². The summed E-state index contributed by atoms with van der Waals surface area (Å²) in [5.41, 5.74) is 3.81. The summed E-state index contributed by atoms with van der Waals surface area (Å²) in [6, 6.07) is 0. The standard InChI is InChI=1S/C25H42O2Si/c1-23(2,3)28(6,7)27-22-11-10-20-19-9-8-17-16-18(26)12-14-24(17,4)21(19)13-15-25(20,22)5/h8,10,18-19,21-22,26H,9,11-16H2,1-7H3/t18-,19-,21+,22-,24-,25-/m0/s1. The van der Waals surface area contributed by atoms with Crippen LogP contribution in [0.25, 0.3) is 0 Å². The van der Waals surface area contributed by atoms with Crippen molar-refractivity contribution in [3.05, 3.63) is 23.3 Å². The molecular weight excluding hydrogens is 360 g/mol. The van der Waals surface area contributed by atoms with Gasteiger partial charge in [0.25, 0.3) is 0 Å². The first kappa shape index (κ1) is 20.9. The lowest BCUT2D eigenvalue weighted by molar-refractivity contribution is 0.00115. The second-order valence-corrected chi connectivity index (χ2v) is 17.0. The number of aliphatic hydroxyl groups excluding tert-OH is 1. The second-order valence-electron chi connectivity index (χ2n) is 12.2. The van der Waals surface area contributed by atoms with E-state index < -0.39 is 8.32 Å². The smallest absolute Gasteiger partial charge is 0.192 e. The van der Waals surface area contributed by atoms with Crippen LogP contribution in [0, 0.1) is 22.7 Å². The molecule has 3 heteroatoms. The van der Waals surface area contributed by atoms with Crippen LogP contribution in [0.2, 0.25) is 18.1 Å². The normalized spacial score (nSPS) is 43.6. The van der Waals surface area contributed by atoms with Gasteiger partial charge in [-0.25, -0.2) is 0 Å². The van der Waals surface area contributed by atoms with Gasteiger partial charge in [-0.2, -0.15) is 0 Å². The highest BCUT2D eigenvalue weighted by Crippen LogP contribution is 2.64. The van der Waals surface area contributed by atoms with Crippen LogP contribution in [-0.4, -0.2) is 25.6 Å². The van der Waals surface area contributed by atoms with Gasteiger partial charge < -0.3 is 9.53 Å². The van der Waals surface area contributed by atoms with Crippen molar-refractivity contribution in [3.8, 4) is 0 Å². The van der Waals surface area contributed by atoms with E-state index in [0.717, 1.165) is 31.6 Å². The van der Waals surface area contributed by atoms with Crippen LogP contribution in [0.5, 0.6) is 0 Å². The van der Waals surface area contributed by atoms with Gasteiger partial charge in [-0.3, -0.25) is 0 Å². The molecule has 0 saturated heterocycles. The summed E-state index contributed by atoms with van der Waals surface area (Å²) >= 11 is 0. The van der Waals surface area contributed by atoms with Crippen molar-refractivity contribution < 1.29 is 9.53 Å². The van der Waals surface area contributed by atoms with Crippen LogP contribution in [0.1, 0.15) is 79.6 Å². The maximum Gasteiger partial charge on any atom is 0.192 e. The lowest BCUT2D eigenvalue weighted by atomic mass is 9.49. The maximum atomic E-state index is 10.2. The molecule has 158 valence electrons. The molecule has 2 fully saturated rings. The molecule has 0 aliphatic heterocycles. The minimum Gasteiger partial charge on any atom is -0.413 e. The summed E-state index contributed by atoms with van der Waals surface area (Å²) in [4.78, 5) is 0. The number of fused-ring (bicyclic) bond motifs is 5. The van der Waals surface area contributed by atoms with Gasteiger partial charge in [0, 0.05) is 5.41 Å². The predicted molar refractivity (Wildman–Crippen MR) is 120 cm³/mol. The van der Waals surface area contributed by atoms with Gasteiger partial charge in [0.2, 0.25) is 0 Å². The summed E-state index contributed by atoms with van der Waals surface area (Å²) in [6.07, 6.45) is 13.3. The fourth-order valence-corrected chi connectivity index (χ4v) is 8.08. The number of allylic oxidation sites excluding steroid dienone is 1. The van der Waals surface area contributed by atoms with E-state index in [0.29, 0.717) is 17.4 Å². The summed E-state index contributed by atoms with van der Waals surface area (Å²) in [7, 11) is -1.76. The second kappa shape index (κ2) is 6.56. The fraction of sp³-hybridized carbons (Fsp3) is 0.840. The van der Waals surface area contributed by atoms with E-state index in [2.05, 4.69) is 59.9 Å². The Labute approximate surface area is 174 Å². The summed E-state index contributed by atoms with van der Waals surface area (Å²) in [6.45, 7) is 16.9. The lowest BCUT2D eigenvalue weighted by Gasteiger charge is -2.56. The van der Waals surface area contributed by atoms with Crippen LogP contribution in [-0.2, 0) is 4.43 Å². The van der Waals surface area contributed by atoms with E-state index in [9.17, 15) is 5.11 Å². The molecule has 0 bridgehead atoms. The molecule has 0 heterocycles.